The molecule has 0 amide bonds. The molecule has 2 rings (SSSR count). The quantitative estimate of drug-likeness (QED) is 0.439. The van der Waals surface area contributed by atoms with E-state index in [1.165, 1.54) is 6.07 Å². The number of phenolic OH excluding ortho intramolecular Hbond substituents is 1. The molecule has 3 N–H and O–H groups in total. The smallest absolute Gasteiger partial charge is 0.203 e. The Morgan fingerprint density at radius 2 is 2.26 bits per heavy atom. The van der Waals surface area contributed by atoms with E-state index < -0.39 is 5.78 Å². The van der Waals surface area contributed by atoms with E-state index in [1.807, 2.05) is 6.92 Å². The first-order valence-corrected chi connectivity index (χ1v) is 6.11. The summed E-state index contributed by atoms with van der Waals surface area (Å²) in [7, 11) is 0. The number of aliphatic hydroxyl groups excluding tert-OH is 1. The van der Waals surface area contributed by atoms with Crippen LogP contribution in [0.3, 0.4) is 0 Å². The summed E-state index contributed by atoms with van der Waals surface area (Å²) in [6, 6.07) is 4.77. The van der Waals surface area contributed by atoms with E-state index in [0.717, 1.165) is 18.2 Å². The summed E-state index contributed by atoms with van der Waals surface area (Å²) < 4.78 is 0. The van der Waals surface area contributed by atoms with Gasteiger partial charge in [0.25, 0.3) is 0 Å². The number of carbonyl (C=O) groups excluding carboxylic acids is 1. The maximum absolute atomic E-state index is 12.3. The predicted molar refractivity (Wildman–Crippen MR) is 72.8 cm³/mol. The molecular formula is C14H16N2O3. The fourth-order valence-corrected chi connectivity index (χ4v) is 1.92. The van der Waals surface area contributed by atoms with E-state index in [4.69, 9.17) is 0 Å². The van der Waals surface area contributed by atoms with Crippen molar-refractivity contribution in [2.24, 2.45) is 4.99 Å². The first-order chi connectivity index (χ1) is 9.13. The minimum atomic E-state index is -0.447. The van der Waals surface area contributed by atoms with Gasteiger partial charge in [0.15, 0.2) is 0 Å². The second-order valence-corrected chi connectivity index (χ2v) is 4.40. The number of ketones is 1. The fourth-order valence-electron chi connectivity index (χ4n) is 1.92. The van der Waals surface area contributed by atoms with Gasteiger partial charge in [0.1, 0.15) is 11.6 Å². The van der Waals surface area contributed by atoms with Crippen molar-refractivity contribution in [1.82, 2.24) is 5.32 Å². The predicted octanol–water partition coefficient (Wildman–Crippen LogP) is 1.72. The highest BCUT2D eigenvalue weighted by Crippen LogP contribution is 2.22. The lowest BCUT2D eigenvalue weighted by molar-refractivity contribution is 0.103. The van der Waals surface area contributed by atoms with Crippen LogP contribution in [0.15, 0.2) is 35.0 Å². The molecule has 1 aliphatic heterocycles. The molecule has 0 aromatic heterocycles. The third kappa shape index (κ3) is 2.76. The number of nitrogens with zero attached hydrogens (tertiary/aromatic N) is 1. The van der Waals surface area contributed by atoms with E-state index in [1.54, 1.807) is 12.1 Å². The third-order valence-corrected chi connectivity index (χ3v) is 2.92. The summed E-state index contributed by atoms with van der Waals surface area (Å²) in [5, 5.41) is 22.0. The lowest BCUT2D eigenvalue weighted by Gasteiger charge is -2.16. The van der Waals surface area contributed by atoms with Gasteiger partial charge in [0, 0.05) is 13.1 Å². The summed E-state index contributed by atoms with van der Waals surface area (Å²) in [5.41, 5.74) is 1.09. The lowest BCUT2D eigenvalue weighted by Crippen LogP contribution is -2.33. The molecule has 0 bridgehead atoms. The molecule has 5 heteroatoms. The number of aromatic hydroxyl groups is 1. The van der Waals surface area contributed by atoms with E-state index in [0.29, 0.717) is 18.9 Å². The minimum absolute atomic E-state index is 0.0700. The Bertz CT molecular complexity index is 562. The summed E-state index contributed by atoms with van der Waals surface area (Å²) in [6.07, 6.45) is 1.63. The molecule has 1 aliphatic rings. The zero-order valence-electron chi connectivity index (χ0n) is 10.7. The summed E-state index contributed by atoms with van der Waals surface area (Å²) in [5.74, 6) is -0.178. The van der Waals surface area contributed by atoms with Crippen molar-refractivity contribution in [3.05, 3.63) is 41.2 Å². The maximum atomic E-state index is 12.3. The number of aliphatic imine (C=N–C) groups is 1. The van der Waals surface area contributed by atoms with Gasteiger partial charge in [-0.3, -0.25) is 9.79 Å². The van der Waals surface area contributed by atoms with E-state index >= 15 is 0 Å². The van der Waals surface area contributed by atoms with E-state index in [2.05, 4.69) is 10.3 Å². The second-order valence-electron chi connectivity index (χ2n) is 4.40. The summed E-state index contributed by atoms with van der Waals surface area (Å²) in [4.78, 5) is 16.5. The van der Waals surface area contributed by atoms with Crippen molar-refractivity contribution in [1.29, 1.82) is 0 Å². The van der Waals surface area contributed by atoms with Crippen LogP contribution >= 0.6 is 0 Å². The van der Waals surface area contributed by atoms with Crippen LogP contribution in [0, 0.1) is 6.92 Å². The molecule has 100 valence electrons. The van der Waals surface area contributed by atoms with Gasteiger partial charge in [-0.1, -0.05) is 11.6 Å². The number of Topliss-reactive ketones (excluding diaryl/α,β-unsaturated/α-hetero) is 1. The maximum Gasteiger partial charge on any atom is 0.203 e. The Morgan fingerprint density at radius 1 is 1.47 bits per heavy atom. The van der Waals surface area contributed by atoms with Crippen molar-refractivity contribution in [2.45, 2.75) is 13.3 Å². The molecular weight excluding hydrogens is 244 g/mol. The highest BCUT2D eigenvalue weighted by Gasteiger charge is 2.22. The number of hydrogen-bond acceptors (Lipinski definition) is 5. The Labute approximate surface area is 111 Å². The molecule has 0 fully saturated rings. The number of rotatable bonds is 3. The number of carbonyl (C=O) groups is 1. The number of aliphatic hydroxyl groups is 1. The number of nitrogens with one attached hydrogen (secondary N) is 1. The zero-order valence-corrected chi connectivity index (χ0v) is 10.7. The molecule has 0 atom stereocenters. The van der Waals surface area contributed by atoms with Gasteiger partial charge in [0.05, 0.1) is 17.4 Å². The molecule has 0 spiro atoms. The van der Waals surface area contributed by atoms with Crippen LogP contribution in [0.4, 0.5) is 0 Å². The third-order valence-electron chi connectivity index (χ3n) is 2.92. The van der Waals surface area contributed by atoms with Crippen molar-refractivity contribution in [3.8, 4) is 5.75 Å². The standard InChI is InChI=1S/C14H16N2O3/c1-9-3-4-12(18)10(7-9)13(19)11(8-17)14-15-5-2-6-16-14/h3-4,7-8,17-18H,2,5-6H2,1H3,(H,15,16)/b11-8+. The SMILES string of the molecule is Cc1ccc(O)c(C(=O)/C(=C\O)C2=NCCCN2)c1. The highest BCUT2D eigenvalue weighted by atomic mass is 16.3. The van der Waals surface area contributed by atoms with Crippen LogP contribution in [-0.4, -0.2) is 34.9 Å². The molecule has 1 aromatic rings. The van der Waals surface area contributed by atoms with Gasteiger partial charge in [-0.15, -0.1) is 0 Å². The minimum Gasteiger partial charge on any atom is -0.515 e. The van der Waals surface area contributed by atoms with Gasteiger partial charge in [-0.25, -0.2) is 0 Å². The Morgan fingerprint density at radius 3 is 2.89 bits per heavy atom. The number of benzene rings is 1. The van der Waals surface area contributed by atoms with Crippen LogP contribution in [0.5, 0.6) is 5.75 Å². The number of aryl methyl sites for hydroxylation is 1. The molecule has 0 saturated heterocycles. The van der Waals surface area contributed by atoms with Gasteiger partial charge in [-0.2, -0.15) is 0 Å². The molecule has 5 nitrogen and oxygen atoms in total. The largest absolute Gasteiger partial charge is 0.515 e. The number of hydrogen-bond donors (Lipinski definition) is 3. The number of phenols is 1. The molecule has 0 unspecified atom stereocenters. The first kappa shape index (κ1) is 13.1. The van der Waals surface area contributed by atoms with Gasteiger partial charge in [0.2, 0.25) is 5.78 Å². The first-order valence-electron chi connectivity index (χ1n) is 6.11. The van der Waals surface area contributed by atoms with Gasteiger partial charge >= 0.3 is 0 Å². The molecule has 0 radical (unpaired) electrons. The van der Waals surface area contributed by atoms with Crippen LogP contribution in [0.2, 0.25) is 0 Å². The Hall–Kier alpha value is -2.30. The summed E-state index contributed by atoms with van der Waals surface area (Å²) >= 11 is 0. The van der Waals surface area contributed by atoms with Gasteiger partial charge in [-0.05, 0) is 25.5 Å². The average Bonchev–Trinajstić information content (AvgIpc) is 2.43. The van der Waals surface area contributed by atoms with Crippen LogP contribution in [0.25, 0.3) is 0 Å². The normalized spacial score (nSPS) is 15.6. The number of amidine groups is 1. The van der Waals surface area contributed by atoms with Crippen molar-refractivity contribution < 1.29 is 15.0 Å². The second kappa shape index (κ2) is 5.56. The summed E-state index contributed by atoms with van der Waals surface area (Å²) in [6.45, 7) is 3.16. The lowest BCUT2D eigenvalue weighted by atomic mass is 10.00. The van der Waals surface area contributed by atoms with E-state index in [-0.39, 0.29) is 16.9 Å². The van der Waals surface area contributed by atoms with Crippen LogP contribution in [0.1, 0.15) is 22.3 Å². The Kier molecular flexibility index (Phi) is 3.85. The van der Waals surface area contributed by atoms with Crippen molar-refractivity contribution >= 4 is 11.6 Å². The van der Waals surface area contributed by atoms with E-state index in [9.17, 15) is 15.0 Å². The van der Waals surface area contributed by atoms with Crippen LogP contribution < -0.4 is 5.32 Å². The zero-order chi connectivity index (χ0) is 13.8. The van der Waals surface area contributed by atoms with Crippen molar-refractivity contribution in [3.63, 3.8) is 0 Å². The van der Waals surface area contributed by atoms with Crippen LogP contribution in [-0.2, 0) is 0 Å². The Balaban J connectivity index is 2.36. The van der Waals surface area contributed by atoms with Gasteiger partial charge < -0.3 is 15.5 Å². The molecule has 1 aromatic carbocycles. The highest BCUT2D eigenvalue weighted by molar-refractivity contribution is 6.27. The average molecular weight is 260 g/mol. The monoisotopic (exact) mass is 260 g/mol. The topological polar surface area (TPSA) is 81.9 Å². The molecule has 0 aliphatic carbocycles. The molecule has 1 heterocycles. The van der Waals surface area contributed by atoms with Crippen molar-refractivity contribution in [2.75, 3.05) is 13.1 Å². The molecule has 0 saturated carbocycles. The molecule has 19 heavy (non-hydrogen) atoms. The fraction of sp³-hybridized carbons (Fsp3) is 0.286.